The molecule has 0 unspecified atom stereocenters. The van der Waals surface area contributed by atoms with Gasteiger partial charge in [0.1, 0.15) is 26.7 Å². The molecule has 4 aromatic heterocycles. The summed E-state index contributed by atoms with van der Waals surface area (Å²) < 4.78 is 1.28. The zero-order valence-electron chi connectivity index (χ0n) is 14.4. The molecule has 0 aliphatic carbocycles. The normalized spacial score (nSPS) is 11.6. The number of nitrogens with zero attached hydrogens (tertiary/aromatic N) is 2. The molecule has 0 spiro atoms. The molecule has 5 aromatic rings. The predicted molar refractivity (Wildman–Crippen MR) is 112 cm³/mol. The zero-order chi connectivity index (χ0) is 19.6. The molecular formula is C19H12N4O3S2. The first kappa shape index (κ1) is 16.8. The van der Waals surface area contributed by atoms with Crippen LogP contribution in [0.2, 0.25) is 0 Å². The SMILES string of the molecule is Cc1nc2c(sc3sc(C(=O)c4ccc(O)c5ncccc45)c(N)c32)c(=O)[nH]1. The monoisotopic (exact) mass is 408 g/mol. The van der Waals surface area contributed by atoms with Crippen molar-refractivity contribution in [2.75, 3.05) is 5.73 Å². The Balaban J connectivity index is 1.76. The number of ketones is 1. The highest BCUT2D eigenvalue weighted by Crippen LogP contribution is 2.43. The number of phenolic OH excluding ortho intramolecular Hbond substituents is 1. The number of hydrogen-bond acceptors (Lipinski definition) is 8. The van der Waals surface area contributed by atoms with Gasteiger partial charge in [-0.2, -0.15) is 0 Å². The number of carbonyl (C=O) groups excluding carboxylic acids is 1. The second-order valence-electron chi connectivity index (χ2n) is 6.30. The molecule has 4 N–H and O–H groups in total. The van der Waals surface area contributed by atoms with Crippen LogP contribution >= 0.6 is 22.7 Å². The average Bonchev–Trinajstić information content (AvgIpc) is 3.19. The van der Waals surface area contributed by atoms with Crippen LogP contribution in [0.5, 0.6) is 5.75 Å². The van der Waals surface area contributed by atoms with Crippen LogP contribution in [0.4, 0.5) is 5.69 Å². The second kappa shape index (κ2) is 5.85. The number of nitrogen functional groups attached to an aromatic ring is 1. The summed E-state index contributed by atoms with van der Waals surface area (Å²) >= 11 is 2.53. The zero-order valence-corrected chi connectivity index (χ0v) is 16.1. The maximum absolute atomic E-state index is 13.3. The Hall–Kier alpha value is -3.30. The summed E-state index contributed by atoms with van der Waals surface area (Å²) in [6, 6.07) is 6.47. The van der Waals surface area contributed by atoms with Crippen LogP contribution in [0.15, 0.2) is 35.3 Å². The van der Waals surface area contributed by atoms with Gasteiger partial charge in [-0.3, -0.25) is 14.6 Å². The lowest BCUT2D eigenvalue weighted by Gasteiger charge is -2.06. The number of benzene rings is 1. The maximum Gasteiger partial charge on any atom is 0.268 e. The van der Waals surface area contributed by atoms with Crippen LogP contribution in [0, 0.1) is 6.92 Å². The largest absolute Gasteiger partial charge is 0.506 e. The number of aryl methyl sites for hydroxylation is 1. The van der Waals surface area contributed by atoms with E-state index in [9.17, 15) is 14.7 Å². The molecule has 7 nitrogen and oxygen atoms in total. The number of phenols is 1. The molecule has 0 fully saturated rings. The van der Waals surface area contributed by atoms with Gasteiger partial charge in [0.25, 0.3) is 5.56 Å². The number of anilines is 1. The van der Waals surface area contributed by atoms with Gasteiger partial charge in [0.15, 0.2) is 0 Å². The van der Waals surface area contributed by atoms with E-state index in [2.05, 4.69) is 15.0 Å². The molecule has 0 saturated heterocycles. The van der Waals surface area contributed by atoms with Crippen molar-refractivity contribution in [1.29, 1.82) is 0 Å². The first-order chi connectivity index (χ1) is 13.5. The van der Waals surface area contributed by atoms with Gasteiger partial charge in [-0.1, -0.05) is 6.07 Å². The van der Waals surface area contributed by atoms with Crippen molar-refractivity contribution in [3.63, 3.8) is 0 Å². The highest BCUT2D eigenvalue weighted by molar-refractivity contribution is 7.42. The van der Waals surface area contributed by atoms with E-state index < -0.39 is 0 Å². The molecule has 4 heterocycles. The molecule has 0 amide bonds. The highest BCUT2D eigenvalue weighted by Gasteiger charge is 2.24. The third-order valence-corrected chi connectivity index (χ3v) is 7.01. The van der Waals surface area contributed by atoms with Crippen LogP contribution in [0.3, 0.4) is 0 Å². The van der Waals surface area contributed by atoms with E-state index in [1.54, 1.807) is 31.3 Å². The minimum absolute atomic E-state index is 0.0113. The van der Waals surface area contributed by atoms with Crippen LogP contribution in [0.25, 0.3) is 30.5 Å². The molecular weight excluding hydrogens is 396 g/mol. The van der Waals surface area contributed by atoms with E-state index in [1.807, 2.05) is 0 Å². The van der Waals surface area contributed by atoms with Gasteiger partial charge in [-0.15, -0.1) is 22.7 Å². The number of H-pyrrole nitrogens is 1. The van der Waals surface area contributed by atoms with Crippen LogP contribution < -0.4 is 11.3 Å². The number of carbonyl (C=O) groups is 1. The Labute approximate surface area is 165 Å². The topological polar surface area (TPSA) is 122 Å². The first-order valence-electron chi connectivity index (χ1n) is 8.28. The van der Waals surface area contributed by atoms with Gasteiger partial charge in [-0.25, -0.2) is 4.98 Å². The Kier molecular flexibility index (Phi) is 3.52. The van der Waals surface area contributed by atoms with Gasteiger partial charge in [0, 0.05) is 17.1 Å². The lowest BCUT2D eigenvalue weighted by molar-refractivity contribution is 0.104. The summed E-state index contributed by atoms with van der Waals surface area (Å²) in [6.45, 7) is 1.70. The number of aromatic nitrogens is 3. The number of fused-ring (bicyclic) bond motifs is 4. The summed E-state index contributed by atoms with van der Waals surface area (Å²) in [5.74, 6) is 0.252. The number of aromatic amines is 1. The summed E-state index contributed by atoms with van der Waals surface area (Å²) in [6.07, 6.45) is 1.56. The fourth-order valence-electron chi connectivity index (χ4n) is 3.30. The van der Waals surface area contributed by atoms with Crippen molar-refractivity contribution in [3.8, 4) is 5.75 Å². The lowest BCUT2D eigenvalue weighted by atomic mass is 10.0. The molecule has 9 heteroatoms. The van der Waals surface area contributed by atoms with Crippen molar-refractivity contribution in [2.45, 2.75) is 6.92 Å². The minimum Gasteiger partial charge on any atom is -0.506 e. The Morgan fingerprint density at radius 2 is 2.04 bits per heavy atom. The number of aromatic hydroxyl groups is 1. The van der Waals surface area contributed by atoms with Crippen molar-refractivity contribution in [2.24, 2.45) is 0 Å². The molecule has 5 rings (SSSR count). The van der Waals surface area contributed by atoms with Crippen molar-refractivity contribution in [1.82, 2.24) is 15.0 Å². The van der Waals surface area contributed by atoms with E-state index in [0.717, 1.165) is 4.01 Å². The van der Waals surface area contributed by atoms with Gasteiger partial charge >= 0.3 is 0 Å². The predicted octanol–water partition coefficient (Wildman–Crippen LogP) is 3.57. The highest BCUT2D eigenvalue weighted by atomic mass is 32.2. The van der Waals surface area contributed by atoms with Crippen molar-refractivity contribution < 1.29 is 9.90 Å². The smallest absolute Gasteiger partial charge is 0.268 e. The van der Waals surface area contributed by atoms with E-state index in [1.165, 1.54) is 28.7 Å². The van der Waals surface area contributed by atoms with Crippen molar-refractivity contribution >= 4 is 64.7 Å². The molecule has 1 aromatic carbocycles. The third kappa shape index (κ3) is 2.26. The molecule has 0 aliphatic rings. The van der Waals surface area contributed by atoms with Crippen LogP contribution in [-0.2, 0) is 0 Å². The second-order valence-corrected chi connectivity index (χ2v) is 8.60. The number of rotatable bonds is 2. The fraction of sp³-hybridized carbons (Fsp3) is 0.0526. The number of pyridine rings is 1. The minimum atomic E-state index is -0.251. The average molecular weight is 408 g/mol. The third-order valence-electron chi connectivity index (χ3n) is 4.54. The van der Waals surface area contributed by atoms with Gasteiger partial charge in [0.2, 0.25) is 5.78 Å². The first-order valence-corrected chi connectivity index (χ1v) is 9.92. The molecule has 138 valence electrons. The number of nitrogens with one attached hydrogen (secondary N) is 1. The van der Waals surface area contributed by atoms with E-state index in [4.69, 9.17) is 5.73 Å². The Morgan fingerprint density at radius 1 is 1.21 bits per heavy atom. The van der Waals surface area contributed by atoms with E-state index in [0.29, 0.717) is 48.5 Å². The molecule has 0 bridgehead atoms. The number of hydrogen-bond donors (Lipinski definition) is 3. The summed E-state index contributed by atoms with van der Waals surface area (Å²) in [4.78, 5) is 37.1. The number of thiophene rings is 2. The molecule has 0 saturated carbocycles. The molecule has 0 atom stereocenters. The van der Waals surface area contributed by atoms with Crippen LogP contribution in [0.1, 0.15) is 21.1 Å². The van der Waals surface area contributed by atoms with Crippen molar-refractivity contribution in [3.05, 3.63) is 57.1 Å². The molecule has 0 aliphatic heterocycles. The Morgan fingerprint density at radius 3 is 2.86 bits per heavy atom. The quantitative estimate of drug-likeness (QED) is 0.384. The fourth-order valence-corrected chi connectivity index (χ4v) is 5.75. The van der Waals surface area contributed by atoms with E-state index in [-0.39, 0.29) is 17.1 Å². The molecule has 0 radical (unpaired) electrons. The lowest BCUT2D eigenvalue weighted by Crippen LogP contribution is -2.08. The van der Waals surface area contributed by atoms with Gasteiger partial charge in [0.05, 0.1) is 20.6 Å². The van der Waals surface area contributed by atoms with Gasteiger partial charge < -0.3 is 15.8 Å². The molecule has 28 heavy (non-hydrogen) atoms. The summed E-state index contributed by atoms with van der Waals surface area (Å²) in [5, 5.41) is 11.2. The maximum atomic E-state index is 13.3. The summed E-state index contributed by atoms with van der Waals surface area (Å²) in [7, 11) is 0. The van der Waals surface area contributed by atoms with Crippen LogP contribution in [-0.4, -0.2) is 25.8 Å². The Bertz CT molecular complexity index is 1500. The standard InChI is InChI=1S/C19H12N4O3S2/c1-7-22-14-11-12(20)16(27-19(11)28-17(14)18(26)23-7)15(25)9-4-5-10(24)13-8(9)3-2-6-21-13/h2-6,24H,20H2,1H3,(H,22,23,26). The van der Waals surface area contributed by atoms with E-state index >= 15 is 0 Å². The van der Waals surface area contributed by atoms with Gasteiger partial charge in [-0.05, 0) is 25.1 Å². The summed E-state index contributed by atoms with van der Waals surface area (Å²) in [5.41, 5.74) is 7.74. The number of nitrogens with two attached hydrogens (primary N) is 1.